The Morgan fingerprint density at radius 3 is 2.36 bits per heavy atom. The maximum Gasteiger partial charge on any atom is 0.416 e. The number of ether oxygens (including phenoxy) is 2. The first-order valence-corrected chi connectivity index (χ1v) is 16.7. The topological polar surface area (TPSA) is 124 Å². The van der Waals surface area contributed by atoms with Gasteiger partial charge in [0.2, 0.25) is 6.41 Å². The number of carbonyl (C=O) groups is 2. The maximum absolute atomic E-state index is 14.8. The quantitative estimate of drug-likeness (QED) is 0.153. The molecule has 2 heterocycles. The highest BCUT2D eigenvalue weighted by Gasteiger charge is 2.45. The number of rotatable bonds is 9. The number of methoxy groups -OCH3 is 2. The van der Waals surface area contributed by atoms with Gasteiger partial charge < -0.3 is 14.8 Å². The van der Waals surface area contributed by atoms with Crippen LogP contribution in [0, 0.1) is 0 Å². The van der Waals surface area contributed by atoms with Crippen molar-refractivity contribution in [2.45, 2.75) is 30.2 Å². The molecule has 4 aromatic carbocycles. The largest absolute Gasteiger partial charge is 0.497 e. The molecule has 0 aliphatic carbocycles. The maximum atomic E-state index is 14.8. The summed E-state index contributed by atoms with van der Waals surface area (Å²) in [6.45, 7) is -0.803. The molecule has 1 unspecified atom stereocenters. The molecule has 0 radical (unpaired) electrons. The SMILES string of the molecule is COC(=O)C1CN(Cc2ccc(OC)cc2)S(=O)(=O)c2c(-c3cccc(C(F)(F)F)c3)c(Cc3cccc4ccccc34)c(NC=O)c(=O)n21. The van der Waals surface area contributed by atoms with Crippen molar-refractivity contribution in [2.24, 2.45) is 0 Å². The Labute approximate surface area is 284 Å². The van der Waals surface area contributed by atoms with Crippen LogP contribution < -0.4 is 15.6 Å². The summed E-state index contributed by atoms with van der Waals surface area (Å²) in [6.07, 6.45) is -4.77. The molecule has 258 valence electrons. The standard InChI is InChI=1S/C36H30F3N3O7S/c1-48-27-15-13-22(14-16-27)19-41-20-30(35(45)49-2)42-33(44)32(40-21-43)29(18-24-9-5-8-23-7-3-4-12-28(23)24)31(34(42)50(41,46)47)25-10-6-11-26(17-25)36(37,38)39/h3-17,21,30H,18-20H2,1-2H3,(H,40,43). The lowest BCUT2D eigenvalue weighted by molar-refractivity contribution is -0.145. The Morgan fingerprint density at radius 2 is 1.68 bits per heavy atom. The minimum Gasteiger partial charge on any atom is -0.497 e. The van der Waals surface area contributed by atoms with Gasteiger partial charge in [0.1, 0.15) is 17.5 Å². The monoisotopic (exact) mass is 705 g/mol. The number of nitrogens with zero attached hydrogens (tertiary/aromatic N) is 2. The van der Waals surface area contributed by atoms with Gasteiger partial charge in [-0.3, -0.25) is 14.2 Å². The van der Waals surface area contributed by atoms with Crippen LogP contribution in [0.25, 0.3) is 21.9 Å². The van der Waals surface area contributed by atoms with Crippen molar-refractivity contribution < 1.29 is 40.7 Å². The van der Waals surface area contributed by atoms with Crippen LogP contribution in [0.2, 0.25) is 0 Å². The van der Waals surface area contributed by atoms with Crippen molar-refractivity contribution in [1.82, 2.24) is 8.87 Å². The number of hydrogen-bond acceptors (Lipinski definition) is 7. The van der Waals surface area contributed by atoms with Crippen LogP contribution in [0.5, 0.6) is 5.75 Å². The van der Waals surface area contributed by atoms with E-state index in [9.17, 15) is 36.0 Å². The van der Waals surface area contributed by atoms with Gasteiger partial charge in [0.25, 0.3) is 15.6 Å². The molecule has 0 fully saturated rings. The van der Waals surface area contributed by atoms with Gasteiger partial charge >= 0.3 is 12.1 Å². The van der Waals surface area contributed by atoms with Crippen LogP contribution >= 0.6 is 0 Å². The fourth-order valence-corrected chi connectivity index (χ4v) is 8.18. The second-order valence-electron chi connectivity index (χ2n) is 11.5. The second-order valence-corrected chi connectivity index (χ2v) is 13.4. The average Bonchev–Trinajstić information content (AvgIpc) is 3.11. The van der Waals surface area contributed by atoms with Crippen LogP contribution in [0.3, 0.4) is 0 Å². The average molecular weight is 706 g/mol. The molecule has 0 bridgehead atoms. The molecule has 0 saturated carbocycles. The van der Waals surface area contributed by atoms with E-state index in [0.29, 0.717) is 21.4 Å². The molecule has 5 aromatic rings. The summed E-state index contributed by atoms with van der Waals surface area (Å²) in [5.74, 6) is -0.462. The summed E-state index contributed by atoms with van der Waals surface area (Å²) in [5.41, 5.74) is -1.94. The Kier molecular flexibility index (Phi) is 9.25. The van der Waals surface area contributed by atoms with E-state index < -0.39 is 56.6 Å². The van der Waals surface area contributed by atoms with Crippen LogP contribution in [-0.4, -0.2) is 50.4 Å². The third kappa shape index (κ3) is 6.23. The molecule has 0 spiro atoms. The van der Waals surface area contributed by atoms with Gasteiger partial charge in [-0.15, -0.1) is 0 Å². The molecule has 10 nitrogen and oxygen atoms in total. The van der Waals surface area contributed by atoms with E-state index in [2.05, 4.69) is 5.32 Å². The number of halogens is 3. The second kappa shape index (κ2) is 13.4. The highest BCUT2D eigenvalue weighted by atomic mass is 32.2. The lowest BCUT2D eigenvalue weighted by atomic mass is 9.91. The third-order valence-electron chi connectivity index (χ3n) is 8.66. The number of alkyl halides is 3. The first-order chi connectivity index (χ1) is 23.9. The Bertz CT molecular complexity index is 2280. The van der Waals surface area contributed by atoms with Crippen molar-refractivity contribution in [1.29, 1.82) is 0 Å². The summed E-state index contributed by atoms with van der Waals surface area (Å²) >= 11 is 0. The van der Waals surface area contributed by atoms with E-state index in [1.165, 1.54) is 13.2 Å². The summed E-state index contributed by atoms with van der Waals surface area (Å²) < 4.78 is 83.8. The summed E-state index contributed by atoms with van der Waals surface area (Å²) in [7, 11) is -2.21. The lowest BCUT2D eigenvalue weighted by Gasteiger charge is -2.36. The first-order valence-electron chi connectivity index (χ1n) is 15.3. The number of esters is 1. The van der Waals surface area contributed by atoms with Gasteiger partial charge in [0.15, 0.2) is 5.03 Å². The fraction of sp³-hybridized carbons (Fsp3) is 0.194. The first kappa shape index (κ1) is 34.4. The molecule has 1 N–H and O–H groups in total. The zero-order valence-corrected chi connectivity index (χ0v) is 27.5. The molecule has 1 amide bonds. The summed E-state index contributed by atoms with van der Waals surface area (Å²) in [5, 5.41) is 3.22. The van der Waals surface area contributed by atoms with Crippen LogP contribution in [-0.2, 0) is 43.5 Å². The molecular weight excluding hydrogens is 675 g/mol. The number of aromatic nitrogens is 1. The number of hydrogen-bond donors (Lipinski definition) is 1. The van der Waals surface area contributed by atoms with Crippen molar-refractivity contribution in [3.8, 4) is 16.9 Å². The number of benzene rings is 4. The summed E-state index contributed by atoms with van der Waals surface area (Å²) in [6, 6.07) is 21.6. The predicted molar refractivity (Wildman–Crippen MR) is 179 cm³/mol. The number of carbonyl (C=O) groups excluding carboxylic acids is 2. The van der Waals surface area contributed by atoms with E-state index in [4.69, 9.17) is 9.47 Å². The van der Waals surface area contributed by atoms with Crippen molar-refractivity contribution in [3.05, 3.63) is 124 Å². The van der Waals surface area contributed by atoms with Gasteiger partial charge in [0.05, 0.1) is 19.8 Å². The van der Waals surface area contributed by atoms with Gasteiger partial charge in [-0.2, -0.15) is 17.5 Å². The molecule has 1 aliphatic rings. The van der Waals surface area contributed by atoms with Gasteiger partial charge in [0, 0.05) is 25.1 Å². The molecule has 6 rings (SSSR count). The minimum atomic E-state index is -4.81. The highest BCUT2D eigenvalue weighted by Crippen LogP contribution is 2.43. The lowest BCUT2D eigenvalue weighted by Crippen LogP contribution is -2.50. The Morgan fingerprint density at radius 1 is 0.980 bits per heavy atom. The molecule has 50 heavy (non-hydrogen) atoms. The molecular formula is C36H30F3N3O7S. The minimum absolute atomic E-state index is 0.0532. The molecule has 1 aromatic heterocycles. The van der Waals surface area contributed by atoms with E-state index in [-0.39, 0.29) is 36.1 Å². The number of sulfonamides is 1. The summed E-state index contributed by atoms with van der Waals surface area (Å²) in [4.78, 5) is 39.7. The van der Waals surface area contributed by atoms with E-state index in [1.54, 1.807) is 42.5 Å². The van der Waals surface area contributed by atoms with Gasteiger partial charge in [-0.05, 0) is 57.3 Å². The number of nitrogens with one attached hydrogen (secondary N) is 1. The molecule has 0 saturated heterocycles. The Balaban J connectivity index is 1.72. The predicted octanol–water partition coefficient (Wildman–Crippen LogP) is 5.77. The van der Waals surface area contributed by atoms with Gasteiger partial charge in [-0.1, -0.05) is 66.7 Å². The van der Waals surface area contributed by atoms with Crippen LogP contribution in [0.15, 0.2) is 101 Å². The Hall–Kier alpha value is -5.47. The van der Waals surface area contributed by atoms with Gasteiger partial charge in [-0.25, -0.2) is 13.2 Å². The van der Waals surface area contributed by atoms with Crippen molar-refractivity contribution in [3.63, 3.8) is 0 Å². The van der Waals surface area contributed by atoms with Crippen molar-refractivity contribution >= 4 is 38.9 Å². The normalized spacial score (nSPS) is 15.7. The third-order valence-corrected chi connectivity index (χ3v) is 10.5. The van der Waals surface area contributed by atoms with Crippen LogP contribution in [0.1, 0.15) is 28.3 Å². The molecule has 1 atom stereocenters. The number of fused-ring (bicyclic) bond motifs is 2. The smallest absolute Gasteiger partial charge is 0.416 e. The van der Waals surface area contributed by atoms with E-state index in [0.717, 1.165) is 40.4 Å². The van der Waals surface area contributed by atoms with E-state index in [1.807, 2.05) is 24.3 Å². The zero-order chi connectivity index (χ0) is 35.8. The highest BCUT2D eigenvalue weighted by molar-refractivity contribution is 7.89. The molecule has 14 heteroatoms. The van der Waals surface area contributed by atoms with Crippen molar-refractivity contribution in [2.75, 3.05) is 26.1 Å². The zero-order valence-electron chi connectivity index (χ0n) is 26.7. The van der Waals surface area contributed by atoms with E-state index >= 15 is 0 Å². The number of pyridine rings is 1. The molecule has 1 aliphatic heterocycles. The number of anilines is 1. The van der Waals surface area contributed by atoms with Crippen LogP contribution in [0.4, 0.5) is 18.9 Å². The number of amides is 1. The fourth-order valence-electron chi connectivity index (χ4n) is 6.32.